The van der Waals surface area contributed by atoms with E-state index in [1.165, 1.54) is 6.07 Å². The number of carbonyl (C=O) groups is 1. The summed E-state index contributed by atoms with van der Waals surface area (Å²) in [5, 5.41) is 10.1. The minimum Gasteiger partial charge on any atom is -0.507 e. The molecule has 0 aliphatic rings. The summed E-state index contributed by atoms with van der Waals surface area (Å²) in [7, 11) is 0. The Morgan fingerprint density at radius 2 is 1.88 bits per heavy atom. The third-order valence-corrected chi connectivity index (χ3v) is 3.67. The van der Waals surface area contributed by atoms with Gasteiger partial charge in [-0.2, -0.15) is 13.2 Å². The Labute approximate surface area is 141 Å². The van der Waals surface area contributed by atoms with E-state index in [1.807, 2.05) is 18.7 Å². The lowest BCUT2D eigenvalue weighted by molar-refractivity contribution is -0.165. The fourth-order valence-corrected chi connectivity index (χ4v) is 2.35. The van der Waals surface area contributed by atoms with Crippen LogP contribution in [0.5, 0.6) is 0 Å². The van der Waals surface area contributed by atoms with E-state index in [1.54, 1.807) is 18.2 Å². The van der Waals surface area contributed by atoms with Crippen molar-refractivity contribution in [1.82, 2.24) is 0 Å². The summed E-state index contributed by atoms with van der Waals surface area (Å²) >= 11 is 0. The molecule has 0 radical (unpaired) electrons. The molecule has 0 unspecified atom stereocenters. The van der Waals surface area contributed by atoms with Crippen molar-refractivity contribution in [3.63, 3.8) is 0 Å². The molecule has 0 aliphatic carbocycles. The number of ketones is 1. The topological polar surface area (TPSA) is 70.8 Å². The number of fused-ring (bicyclic) bond motifs is 1. The molecular weight excluding hydrogens is 339 g/mol. The maximum Gasteiger partial charge on any atom is 0.454 e. The van der Waals surface area contributed by atoms with E-state index in [0.717, 1.165) is 18.8 Å². The van der Waals surface area contributed by atoms with Crippen LogP contribution >= 0.6 is 0 Å². The molecule has 1 aromatic carbocycles. The van der Waals surface area contributed by atoms with E-state index in [0.29, 0.717) is 5.39 Å². The Morgan fingerprint density at radius 3 is 2.44 bits per heavy atom. The van der Waals surface area contributed by atoms with Crippen LogP contribution in [0.2, 0.25) is 0 Å². The Hall–Kier alpha value is -2.77. The van der Waals surface area contributed by atoms with Gasteiger partial charge in [0.2, 0.25) is 0 Å². The molecule has 0 aliphatic heterocycles. The number of rotatable bonds is 5. The summed E-state index contributed by atoms with van der Waals surface area (Å²) in [6, 6.07) is 6.20. The molecular formula is C17H16F3NO4. The molecule has 2 aromatic rings. The van der Waals surface area contributed by atoms with Gasteiger partial charge in [0.05, 0.1) is 0 Å². The van der Waals surface area contributed by atoms with E-state index in [4.69, 9.17) is 4.42 Å². The number of carbonyl (C=O) groups excluding carboxylic acids is 1. The summed E-state index contributed by atoms with van der Waals surface area (Å²) in [6.45, 7) is 5.42. The molecule has 1 N–H and O–H groups in total. The van der Waals surface area contributed by atoms with E-state index in [2.05, 4.69) is 0 Å². The van der Waals surface area contributed by atoms with Crippen molar-refractivity contribution in [1.29, 1.82) is 0 Å². The minimum atomic E-state index is -5.14. The van der Waals surface area contributed by atoms with Crippen LogP contribution < -0.4 is 10.5 Å². The smallest absolute Gasteiger partial charge is 0.454 e. The lowest BCUT2D eigenvalue weighted by atomic mass is 10.1. The van der Waals surface area contributed by atoms with Gasteiger partial charge in [0.1, 0.15) is 16.9 Å². The molecule has 5 nitrogen and oxygen atoms in total. The molecule has 1 aromatic heterocycles. The number of allylic oxidation sites excluding steroid dienone is 1. The van der Waals surface area contributed by atoms with E-state index in [9.17, 15) is 27.9 Å². The number of nitrogens with zero attached hydrogens (tertiary/aromatic N) is 1. The Balaban J connectivity index is 2.49. The zero-order valence-electron chi connectivity index (χ0n) is 13.6. The summed E-state index contributed by atoms with van der Waals surface area (Å²) < 4.78 is 41.8. The quantitative estimate of drug-likeness (QED) is 0.503. The fourth-order valence-electron chi connectivity index (χ4n) is 2.35. The van der Waals surface area contributed by atoms with Crippen LogP contribution in [0.15, 0.2) is 39.6 Å². The zero-order chi connectivity index (χ0) is 18.8. The molecule has 0 atom stereocenters. The second-order valence-corrected chi connectivity index (χ2v) is 5.23. The monoisotopic (exact) mass is 355 g/mol. The molecule has 0 spiro atoms. The van der Waals surface area contributed by atoms with Crippen LogP contribution in [0.4, 0.5) is 18.9 Å². The normalized spacial score (nSPS) is 12.4. The molecule has 0 saturated carbocycles. The van der Waals surface area contributed by atoms with Crippen molar-refractivity contribution in [2.45, 2.75) is 20.0 Å². The van der Waals surface area contributed by atoms with E-state index < -0.39 is 28.9 Å². The molecule has 134 valence electrons. The van der Waals surface area contributed by atoms with Gasteiger partial charge in [-0.25, -0.2) is 4.79 Å². The van der Waals surface area contributed by atoms with Crippen molar-refractivity contribution < 1.29 is 27.5 Å². The second kappa shape index (κ2) is 7.00. The van der Waals surface area contributed by atoms with Crippen LogP contribution in [-0.4, -0.2) is 30.2 Å². The Bertz CT molecular complexity index is 880. The number of anilines is 1. The Kier molecular flexibility index (Phi) is 5.20. The van der Waals surface area contributed by atoms with Crippen molar-refractivity contribution >= 4 is 28.2 Å². The molecule has 25 heavy (non-hydrogen) atoms. The molecule has 0 bridgehead atoms. The first-order chi connectivity index (χ1) is 11.7. The summed E-state index contributed by atoms with van der Waals surface area (Å²) in [6.07, 6.45) is -5.17. The summed E-state index contributed by atoms with van der Waals surface area (Å²) in [5.41, 5.74) is -0.498. The third kappa shape index (κ3) is 4.01. The van der Waals surface area contributed by atoms with E-state index >= 15 is 0 Å². The number of aliphatic hydroxyl groups is 1. The predicted octanol–water partition coefficient (Wildman–Crippen LogP) is 3.67. The fraction of sp³-hybridized carbons (Fsp3) is 0.294. The maximum atomic E-state index is 12.3. The van der Waals surface area contributed by atoms with Crippen LogP contribution in [0, 0.1) is 0 Å². The standard InChI is InChI=1S/C17H16F3NO4/c1-3-21(4-2)11-6-5-10-7-12(16(24)25-14(10)8-11)13(22)9-15(23)17(18,19)20/h5-9,22H,3-4H2,1-2H3/b13-9-. The van der Waals surface area contributed by atoms with Gasteiger partial charge in [0.15, 0.2) is 0 Å². The SMILES string of the molecule is CCN(CC)c1ccc2cc(/C(O)=C/C(=O)C(F)(F)F)c(=O)oc2c1. The third-order valence-electron chi connectivity index (χ3n) is 3.67. The maximum absolute atomic E-state index is 12.3. The highest BCUT2D eigenvalue weighted by molar-refractivity contribution is 5.99. The summed E-state index contributed by atoms with van der Waals surface area (Å²) in [4.78, 5) is 24.9. The first kappa shape index (κ1) is 18.6. The molecule has 2 rings (SSSR count). The van der Waals surface area contributed by atoms with Crippen LogP contribution in [-0.2, 0) is 4.79 Å². The molecule has 1 heterocycles. The first-order valence-electron chi connectivity index (χ1n) is 7.52. The average molecular weight is 355 g/mol. The number of hydrogen-bond acceptors (Lipinski definition) is 5. The number of benzene rings is 1. The molecule has 0 fully saturated rings. The van der Waals surface area contributed by atoms with Gasteiger partial charge in [-0.05, 0) is 32.0 Å². The summed E-state index contributed by atoms with van der Waals surface area (Å²) in [5.74, 6) is -3.35. The molecule has 0 saturated heterocycles. The van der Waals surface area contributed by atoms with Crippen molar-refractivity contribution in [3.05, 3.63) is 46.3 Å². The van der Waals surface area contributed by atoms with Crippen LogP contribution in [0.3, 0.4) is 0 Å². The Morgan fingerprint density at radius 1 is 1.24 bits per heavy atom. The number of halogens is 3. The first-order valence-corrected chi connectivity index (χ1v) is 7.52. The van der Waals surface area contributed by atoms with Crippen LogP contribution in [0.25, 0.3) is 16.7 Å². The van der Waals surface area contributed by atoms with Gasteiger partial charge in [-0.1, -0.05) is 0 Å². The number of aliphatic hydroxyl groups excluding tert-OH is 1. The number of alkyl halides is 3. The largest absolute Gasteiger partial charge is 0.507 e. The lowest BCUT2D eigenvalue weighted by Gasteiger charge is -2.21. The van der Waals surface area contributed by atoms with Gasteiger partial charge in [0.25, 0.3) is 5.78 Å². The van der Waals surface area contributed by atoms with Crippen LogP contribution in [0.1, 0.15) is 19.4 Å². The van der Waals surface area contributed by atoms with Gasteiger partial charge >= 0.3 is 11.8 Å². The predicted molar refractivity (Wildman–Crippen MR) is 87.7 cm³/mol. The van der Waals surface area contributed by atoms with Crippen molar-refractivity contribution in [2.75, 3.05) is 18.0 Å². The highest BCUT2D eigenvalue weighted by Gasteiger charge is 2.37. The molecule has 0 amide bonds. The van der Waals surface area contributed by atoms with Gasteiger partial charge in [0, 0.05) is 36.3 Å². The average Bonchev–Trinajstić information content (AvgIpc) is 2.54. The van der Waals surface area contributed by atoms with Crippen molar-refractivity contribution in [3.8, 4) is 0 Å². The number of hydrogen-bond donors (Lipinski definition) is 1. The van der Waals surface area contributed by atoms with Crippen molar-refractivity contribution in [2.24, 2.45) is 0 Å². The van der Waals surface area contributed by atoms with Gasteiger partial charge in [-0.15, -0.1) is 0 Å². The zero-order valence-corrected chi connectivity index (χ0v) is 13.6. The second-order valence-electron chi connectivity index (χ2n) is 5.23. The van der Waals surface area contributed by atoms with Gasteiger partial charge < -0.3 is 14.4 Å². The van der Waals surface area contributed by atoms with E-state index in [-0.39, 0.29) is 11.7 Å². The van der Waals surface area contributed by atoms with Gasteiger partial charge in [-0.3, -0.25) is 4.79 Å². The minimum absolute atomic E-state index is 0.0393. The highest BCUT2D eigenvalue weighted by atomic mass is 19.4. The molecule has 8 heteroatoms. The lowest BCUT2D eigenvalue weighted by Crippen LogP contribution is -2.21. The highest BCUT2D eigenvalue weighted by Crippen LogP contribution is 2.24.